The lowest BCUT2D eigenvalue weighted by molar-refractivity contribution is 0.305. The molecular weight excluding hydrogens is 200 g/mol. The number of piperidine rings is 1. The van der Waals surface area contributed by atoms with E-state index in [2.05, 4.69) is 20.3 Å². The third-order valence-electron chi connectivity index (χ3n) is 4.00. The van der Waals surface area contributed by atoms with E-state index < -0.39 is 0 Å². The number of aromatic nitrogens is 3. The highest BCUT2D eigenvalue weighted by molar-refractivity contribution is 5.07. The second-order valence-corrected chi connectivity index (χ2v) is 5.18. The SMILES string of the molecule is c1nnn(CC2CCCNC2)c1C1CCC1. The van der Waals surface area contributed by atoms with Gasteiger partial charge in [0.05, 0.1) is 11.9 Å². The Balaban J connectivity index is 1.66. The quantitative estimate of drug-likeness (QED) is 0.840. The Labute approximate surface area is 96.4 Å². The van der Waals surface area contributed by atoms with Crippen LogP contribution in [-0.2, 0) is 6.54 Å². The third kappa shape index (κ3) is 1.98. The summed E-state index contributed by atoms with van der Waals surface area (Å²) < 4.78 is 2.15. The van der Waals surface area contributed by atoms with Gasteiger partial charge in [0, 0.05) is 12.5 Å². The van der Waals surface area contributed by atoms with Crippen LogP contribution in [0.5, 0.6) is 0 Å². The first-order valence-electron chi connectivity index (χ1n) is 6.52. The van der Waals surface area contributed by atoms with Crippen LogP contribution in [-0.4, -0.2) is 28.1 Å². The highest BCUT2D eigenvalue weighted by Gasteiger charge is 2.24. The molecule has 16 heavy (non-hydrogen) atoms. The molecule has 1 saturated carbocycles. The molecule has 1 aromatic rings. The van der Waals surface area contributed by atoms with Crippen LogP contribution in [0, 0.1) is 5.92 Å². The van der Waals surface area contributed by atoms with Crippen LogP contribution in [0.15, 0.2) is 6.20 Å². The Morgan fingerprint density at radius 1 is 1.31 bits per heavy atom. The minimum atomic E-state index is 0.742. The van der Waals surface area contributed by atoms with Crippen LogP contribution in [0.4, 0.5) is 0 Å². The van der Waals surface area contributed by atoms with Crippen LogP contribution in [0.1, 0.15) is 43.7 Å². The molecule has 0 radical (unpaired) electrons. The van der Waals surface area contributed by atoms with Gasteiger partial charge in [0.15, 0.2) is 0 Å². The zero-order valence-electron chi connectivity index (χ0n) is 9.73. The van der Waals surface area contributed by atoms with Gasteiger partial charge in [0.25, 0.3) is 0 Å². The second kappa shape index (κ2) is 4.53. The summed E-state index contributed by atoms with van der Waals surface area (Å²) in [5.74, 6) is 1.49. The Morgan fingerprint density at radius 3 is 2.94 bits per heavy atom. The fraction of sp³-hybridized carbons (Fsp3) is 0.833. The zero-order chi connectivity index (χ0) is 10.8. The smallest absolute Gasteiger partial charge is 0.0728 e. The maximum absolute atomic E-state index is 4.25. The van der Waals surface area contributed by atoms with Crippen molar-refractivity contribution < 1.29 is 0 Å². The molecule has 1 unspecified atom stereocenters. The summed E-state index contributed by atoms with van der Waals surface area (Å²) >= 11 is 0. The van der Waals surface area contributed by atoms with Gasteiger partial charge in [-0.25, -0.2) is 4.68 Å². The van der Waals surface area contributed by atoms with E-state index in [9.17, 15) is 0 Å². The lowest BCUT2D eigenvalue weighted by Crippen LogP contribution is -2.33. The predicted molar refractivity (Wildman–Crippen MR) is 62.2 cm³/mol. The molecule has 0 bridgehead atoms. The summed E-state index contributed by atoms with van der Waals surface area (Å²) in [5, 5.41) is 11.8. The standard InChI is InChI=1S/C12H20N4/c1-4-11(5-1)12-8-14-15-16(12)9-10-3-2-6-13-7-10/h8,10-11,13H,1-7,9H2. The molecule has 0 amide bonds. The van der Waals surface area contributed by atoms with Crippen LogP contribution in [0.2, 0.25) is 0 Å². The summed E-state index contributed by atoms with van der Waals surface area (Å²) in [6, 6.07) is 0. The van der Waals surface area contributed by atoms with E-state index in [-0.39, 0.29) is 0 Å². The molecule has 4 heteroatoms. The lowest BCUT2D eigenvalue weighted by Gasteiger charge is -2.27. The van der Waals surface area contributed by atoms with E-state index >= 15 is 0 Å². The van der Waals surface area contributed by atoms with Crippen molar-refractivity contribution in [3.63, 3.8) is 0 Å². The van der Waals surface area contributed by atoms with Crippen LogP contribution in [0.25, 0.3) is 0 Å². The van der Waals surface area contributed by atoms with Gasteiger partial charge in [-0.2, -0.15) is 0 Å². The zero-order valence-corrected chi connectivity index (χ0v) is 9.73. The van der Waals surface area contributed by atoms with Crippen molar-refractivity contribution in [2.75, 3.05) is 13.1 Å². The first-order chi connectivity index (χ1) is 7.93. The molecule has 1 aliphatic heterocycles. The monoisotopic (exact) mass is 220 g/mol. The first-order valence-corrected chi connectivity index (χ1v) is 6.52. The van der Waals surface area contributed by atoms with Crippen LogP contribution >= 0.6 is 0 Å². The van der Waals surface area contributed by atoms with Crippen molar-refractivity contribution in [1.29, 1.82) is 0 Å². The van der Waals surface area contributed by atoms with Crippen LogP contribution in [0.3, 0.4) is 0 Å². The number of hydrogen-bond acceptors (Lipinski definition) is 3. The normalized spacial score (nSPS) is 26.6. The van der Waals surface area contributed by atoms with Gasteiger partial charge in [-0.15, -0.1) is 5.10 Å². The Hall–Kier alpha value is -0.900. The molecule has 1 aliphatic carbocycles. The molecule has 1 aromatic heterocycles. The van der Waals surface area contributed by atoms with Crippen LogP contribution < -0.4 is 5.32 Å². The van der Waals surface area contributed by atoms with Gasteiger partial charge in [-0.05, 0) is 44.7 Å². The molecule has 88 valence electrons. The first kappa shape index (κ1) is 10.3. The molecular formula is C12H20N4. The molecule has 3 rings (SSSR count). The van der Waals surface area contributed by atoms with Gasteiger partial charge in [-0.3, -0.25) is 0 Å². The largest absolute Gasteiger partial charge is 0.316 e. The molecule has 0 aromatic carbocycles. The molecule has 2 fully saturated rings. The van der Waals surface area contributed by atoms with Gasteiger partial charge in [0.2, 0.25) is 0 Å². The molecule has 1 atom stereocenters. The van der Waals surface area contributed by atoms with E-state index in [1.165, 1.54) is 44.3 Å². The highest BCUT2D eigenvalue weighted by Crippen LogP contribution is 2.35. The molecule has 1 N–H and O–H groups in total. The Bertz CT molecular complexity index is 337. The molecule has 4 nitrogen and oxygen atoms in total. The summed E-state index contributed by atoms with van der Waals surface area (Å²) in [5.41, 5.74) is 1.37. The Kier molecular flexibility index (Phi) is 2.91. The molecule has 0 spiro atoms. The van der Waals surface area contributed by atoms with E-state index in [0.717, 1.165) is 24.9 Å². The van der Waals surface area contributed by atoms with E-state index in [0.29, 0.717) is 0 Å². The predicted octanol–water partition coefficient (Wildman–Crippen LogP) is 1.55. The Morgan fingerprint density at radius 2 is 2.25 bits per heavy atom. The lowest BCUT2D eigenvalue weighted by atomic mass is 9.83. The summed E-state index contributed by atoms with van der Waals surface area (Å²) in [6.45, 7) is 3.38. The van der Waals surface area contributed by atoms with Crippen molar-refractivity contribution >= 4 is 0 Å². The van der Waals surface area contributed by atoms with Gasteiger partial charge in [0.1, 0.15) is 0 Å². The topological polar surface area (TPSA) is 42.7 Å². The number of nitrogens with zero attached hydrogens (tertiary/aromatic N) is 3. The van der Waals surface area contributed by atoms with Crippen molar-refractivity contribution in [1.82, 2.24) is 20.3 Å². The van der Waals surface area contributed by atoms with Crippen molar-refractivity contribution in [2.45, 2.75) is 44.6 Å². The number of rotatable bonds is 3. The van der Waals surface area contributed by atoms with Gasteiger partial charge in [-0.1, -0.05) is 11.6 Å². The molecule has 2 heterocycles. The minimum absolute atomic E-state index is 0.742. The maximum atomic E-state index is 4.25. The van der Waals surface area contributed by atoms with E-state index in [1.807, 2.05) is 6.20 Å². The maximum Gasteiger partial charge on any atom is 0.0728 e. The fourth-order valence-corrected chi connectivity index (χ4v) is 2.75. The average Bonchev–Trinajstić information content (AvgIpc) is 2.66. The summed E-state index contributed by atoms with van der Waals surface area (Å²) in [6.07, 6.45) is 8.64. The molecule has 1 saturated heterocycles. The van der Waals surface area contributed by atoms with Crippen molar-refractivity contribution in [2.24, 2.45) is 5.92 Å². The minimum Gasteiger partial charge on any atom is -0.316 e. The summed E-state index contributed by atoms with van der Waals surface area (Å²) in [7, 11) is 0. The highest BCUT2D eigenvalue weighted by atomic mass is 15.4. The van der Waals surface area contributed by atoms with E-state index in [1.54, 1.807) is 0 Å². The summed E-state index contributed by atoms with van der Waals surface area (Å²) in [4.78, 5) is 0. The fourth-order valence-electron chi connectivity index (χ4n) is 2.75. The third-order valence-corrected chi connectivity index (χ3v) is 4.00. The van der Waals surface area contributed by atoms with Gasteiger partial charge < -0.3 is 5.32 Å². The van der Waals surface area contributed by atoms with Crippen molar-refractivity contribution in [3.8, 4) is 0 Å². The molecule has 2 aliphatic rings. The number of hydrogen-bond donors (Lipinski definition) is 1. The second-order valence-electron chi connectivity index (χ2n) is 5.18. The average molecular weight is 220 g/mol. The van der Waals surface area contributed by atoms with Gasteiger partial charge >= 0.3 is 0 Å². The van der Waals surface area contributed by atoms with Crippen molar-refractivity contribution in [3.05, 3.63) is 11.9 Å². The number of nitrogens with one attached hydrogen (secondary N) is 1. The van der Waals surface area contributed by atoms with E-state index in [4.69, 9.17) is 0 Å².